The van der Waals surface area contributed by atoms with Gasteiger partial charge in [-0.25, -0.2) is 0 Å². The van der Waals surface area contributed by atoms with E-state index in [9.17, 15) is 14.9 Å². The smallest absolute Gasteiger partial charge is 0.271 e. The molecule has 28 heavy (non-hydrogen) atoms. The fourth-order valence-corrected chi connectivity index (χ4v) is 3.02. The van der Waals surface area contributed by atoms with E-state index in [2.05, 4.69) is 10.6 Å². The molecule has 0 atom stereocenters. The van der Waals surface area contributed by atoms with Gasteiger partial charge >= 0.3 is 0 Å². The molecule has 0 saturated heterocycles. The molecule has 0 aliphatic rings. The number of anilines is 1. The summed E-state index contributed by atoms with van der Waals surface area (Å²) in [6.45, 7) is 0. The largest absolute Gasteiger partial charge is 0.331 e. The van der Waals surface area contributed by atoms with Gasteiger partial charge in [-0.2, -0.15) is 0 Å². The van der Waals surface area contributed by atoms with Crippen LogP contribution in [0.1, 0.15) is 5.56 Å². The van der Waals surface area contributed by atoms with Crippen LogP contribution < -0.4 is 10.6 Å². The molecule has 3 aromatic rings. The normalized spacial score (nSPS) is 10.8. The van der Waals surface area contributed by atoms with E-state index in [0.29, 0.717) is 5.69 Å². The lowest BCUT2D eigenvalue weighted by Gasteiger charge is -2.09. The lowest BCUT2D eigenvalue weighted by Crippen LogP contribution is -2.32. The van der Waals surface area contributed by atoms with E-state index in [1.165, 1.54) is 24.3 Å². The number of hydrogen-bond donors (Lipinski definition) is 2. The zero-order valence-electron chi connectivity index (χ0n) is 14.4. The van der Waals surface area contributed by atoms with Crippen LogP contribution in [-0.2, 0) is 4.79 Å². The zero-order valence-corrected chi connectivity index (χ0v) is 16.0. The standard InChI is InChI=1S/C20H14ClN3O3S/c21-17-12-15(24(26)27)9-10-18(17)22-20(28)23-19(25)11-8-14-6-3-5-13-4-1-2-7-16(13)14/h1-12H,(H2,22,23,25,28)/b11-8+. The van der Waals surface area contributed by atoms with E-state index in [4.69, 9.17) is 23.8 Å². The lowest BCUT2D eigenvalue weighted by atomic mass is 10.0. The molecular weight excluding hydrogens is 398 g/mol. The minimum atomic E-state index is -0.548. The summed E-state index contributed by atoms with van der Waals surface area (Å²) in [5.41, 5.74) is 1.13. The third-order valence-electron chi connectivity index (χ3n) is 3.89. The van der Waals surface area contributed by atoms with Crippen LogP contribution >= 0.6 is 23.8 Å². The molecule has 0 aromatic heterocycles. The predicted molar refractivity (Wildman–Crippen MR) is 115 cm³/mol. The number of nitrogens with zero attached hydrogens (tertiary/aromatic N) is 1. The van der Waals surface area contributed by atoms with Crippen LogP contribution in [0.2, 0.25) is 5.02 Å². The molecule has 140 valence electrons. The van der Waals surface area contributed by atoms with Crippen molar-refractivity contribution >= 4 is 63.1 Å². The van der Waals surface area contributed by atoms with Gasteiger partial charge in [-0.3, -0.25) is 20.2 Å². The molecule has 3 aromatic carbocycles. The molecule has 0 aliphatic heterocycles. The van der Waals surface area contributed by atoms with E-state index >= 15 is 0 Å². The Morgan fingerprint density at radius 1 is 1.11 bits per heavy atom. The summed E-state index contributed by atoms with van der Waals surface area (Å²) in [7, 11) is 0. The number of nitro benzene ring substituents is 1. The number of nitro groups is 1. The molecule has 3 rings (SSSR count). The molecule has 2 N–H and O–H groups in total. The Morgan fingerprint density at radius 3 is 2.61 bits per heavy atom. The van der Waals surface area contributed by atoms with Gasteiger partial charge in [0.1, 0.15) is 0 Å². The highest BCUT2D eigenvalue weighted by Gasteiger charge is 2.11. The highest BCUT2D eigenvalue weighted by molar-refractivity contribution is 7.80. The van der Waals surface area contributed by atoms with Crippen LogP contribution in [0, 0.1) is 10.1 Å². The van der Waals surface area contributed by atoms with Gasteiger partial charge in [0.05, 0.1) is 15.6 Å². The molecule has 0 aliphatic carbocycles. The minimum absolute atomic E-state index is 0.0309. The van der Waals surface area contributed by atoms with Gasteiger partial charge in [-0.1, -0.05) is 54.1 Å². The van der Waals surface area contributed by atoms with Crippen molar-refractivity contribution in [3.63, 3.8) is 0 Å². The van der Waals surface area contributed by atoms with Crippen molar-refractivity contribution < 1.29 is 9.72 Å². The maximum Gasteiger partial charge on any atom is 0.271 e. The van der Waals surface area contributed by atoms with Crippen LogP contribution in [0.5, 0.6) is 0 Å². The second-order valence-electron chi connectivity index (χ2n) is 5.77. The second-order valence-corrected chi connectivity index (χ2v) is 6.58. The molecule has 8 heteroatoms. The zero-order chi connectivity index (χ0) is 20.1. The predicted octanol–water partition coefficient (Wildman–Crippen LogP) is 4.93. The first-order chi connectivity index (χ1) is 13.4. The maximum absolute atomic E-state index is 12.1. The fourth-order valence-electron chi connectivity index (χ4n) is 2.59. The molecule has 6 nitrogen and oxygen atoms in total. The van der Waals surface area contributed by atoms with Crippen LogP contribution in [0.4, 0.5) is 11.4 Å². The summed E-state index contributed by atoms with van der Waals surface area (Å²) in [6, 6.07) is 17.6. The number of carbonyl (C=O) groups excluding carboxylic acids is 1. The first-order valence-corrected chi connectivity index (χ1v) is 8.94. The summed E-state index contributed by atoms with van der Waals surface area (Å²) in [4.78, 5) is 22.3. The molecule has 0 spiro atoms. The van der Waals surface area contributed by atoms with Crippen molar-refractivity contribution in [1.82, 2.24) is 5.32 Å². The molecule has 0 unspecified atom stereocenters. The van der Waals surface area contributed by atoms with Crippen molar-refractivity contribution in [1.29, 1.82) is 0 Å². The summed E-state index contributed by atoms with van der Waals surface area (Å²) < 4.78 is 0. The fraction of sp³-hybridized carbons (Fsp3) is 0. The summed E-state index contributed by atoms with van der Waals surface area (Å²) in [5, 5.41) is 18.3. The Bertz CT molecular complexity index is 1110. The Balaban J connectivity index is 1.65. The summed E-state index contributed by atoms with van der Waals surface area (Å²) >= 11 is 11.1. The van der Waals surface area contributed by atoms with Gasteiger partial charge in [0.25, 0.3) is 5.69 Å². The van der Waals surface area contributed by atoms with Gasteiger partial charge < -0.3 is 5.32 Å². The molecule has 1 amide bonds. The van der Waals surface area contributed by atoms with Crippen LogP contribution in [0.15, 0.2) is 66.7 Å². The monoisotopic (exact) mass is 411 g/mol. The molecule has 0 bridgehead atoms. The number of benzene rings is 3. The highest BCUT2D eigenvalue weighted by Crippen LogP contribution is 2.26. The van der Waals surface area contributed by atoms with E-state index in [-0.39, 0.29) is 15.8 Å². The number of hydrogen-bond acceptors (Lipinski definition) is 4. The number of thiocarbonyl (C=S) groups is 1. The minimum Gasteiger partial charge on any atom is -0.331 e. The third kappa shape index (κ3) is 4.70. The number of halogens is 1. The molecule has 0 heterocycles. The number of non-ortho nitro benzene ring substituents is 1. The number of nitrogens with one attached hydrogen (secondary N) is 2. The van der Waals surface area contributed by atoms with Crippen LogP contribution in [0.3, 0.4) is 0 Å². The Morgan fingerprint density at radius 2 is 1.86 bits per heavy atom. The van der Waals surface area contributed by atoms with E-state index < -0.39 is 10.8 Å². The van der Waals surface area contributed by atoms with Crippen molar-refractivity contribution in [2.24, 2.45) is 0 Å². The van der Waals surface area contributed by atoms with Crippen LogP contribution in [-0.4, -0.2) is 15.9 Å². The van der Waals surface area contributed by atoms with Crippen molar-refractivity contribution in [2.45, 2.75) is 0 Å². The molecule has 0 fully saturated rings. The average molecular weight is 412 g/mol. The summed E-state index contributed by atoms with van der Waals surface area (Å²) in [6.07, 6.45) is 3.09. The van der Waals surface area contributed by atoms with E-state index in [0.717, 1.165) is 16.3 Å². The van der Waals surface area contributed by atoms with Crippen molar-refractivity contribution in [3.05, 3.63) is 87.4 Å². The molecule has 0 saturated carbocycles. The van der Waals surface area contributed by atoms with Gasteiger partial charge in [0, 0.05) is 18.2 Å². The van der Waals surface area contributed by atoms with Gasteiger partial charge in [0.15, 0.2) is 5.11 Å². The Hall–Kier alpha value is -3.29. The first kappa shape index (κ1) is 19.5. The topological polar surface area (TPSA) is 84.3 Å². The number of carbonyl (C=O) groups is 1. The van der Waals surface area contributed by atoms with Gasteiger partial charge in [-0.15, -0.1) is 0 Å². The third-order valence-corrected chi connectivity index (χ3v) is 4.40. The Kier molecular flexibility index (Phi) is 5.98. The second kappa shape index (κ2) is 8.60. The lowest BCUT2D eigenvalue weighted by molar-refractivity contribution is -0.384. The quantitative estimate of drug-likeness (QED) is 0.275. The first-order valence-electron chi connectivity index (χ1n) is 8.16. The highest BCUT2D eigenvalue weighted by atomic mass is 35.5. The number of fused-ring (bicyclic) bond motifs is 1. The van der Waals surface area contributed by atoms with E-state index in [1.807, 2.05) is 42.5 Å². The van der Waals surface area contributed by atoms with Crippen molar-refractivity contribution in [2.75, 3.05) is 5.32 Å². The maximum atomic E-state index is 12.1. The SMILES string of the molecule is O=C(/C=C/c1cccc2ccccc12)NC(=S)Nc1ccc([N+](=O)[O-])cc1Cl. The van der Waals surface area contributed by atoms with E-state index in [1.54, 1.807) is 6.08 Å². The summed E-state index contributed by atoms with van der Waals surface area (Å²) in [5.74, 6) is -0.413. The van der Waals surface area contributed by atoms with Gasteiger partial charge in [-0.05, 0) is 40.7 Å². The average Bonchev–Trinajstić information content (AvgIpc) is 2.67. The Labute approximate surface area is 171 Å². The van der Waals surface area contributed by atoms with Crippen molar-refractivity contribution in [3.8, 4) is 0 Å². The van der Waals surface area contributed by atoms with Crippen LogP contribution in [0.25, 0.3) is 16.8 Å². The molecule has 0 radical (unpaired) electrons. The van der Waals surface area contributed by atoms with Gasteiger partial charge in [0.2, 0.25) is 5.91 Å². The number of amides is 1. The number of rotatable bonds is 4. The molecular formula is C20H14ClN3O3S.